The number of epoxide rings is 1. The van der Waals surface area contributed by atoms with Gasteiger partial charge in [-0.15, -0.1) is 0 Å². The fourth-order valence-electron chi connectivity index (χ4n) is 2.91. The molecule has 2 heterocycles. The minimum absolute atomic E-state index is 0.0693. The lowest BCUT2D eigenvalue weighted by atomic mass is 9.93. The zero-order valence-corrected chi connectivity index (χ0v) is 12.5. The molecule has 0 unspecified atom stereocenters. The minimum atomic E-state index is -0.290. The SMILES string of the molecule is CCN(CC)C(=O)c1ccc2c(c1)[C@@H]1O[C@@H]1C(C)(C)O2. The summed E-state index contributed by atoms with van der Waals surface area (Å²) in [6.07, 6.45) is 0.187. The zero-order chi connectivity index (χ0) is 14.5. The van der Waals surface area contributed by atoms with Crippen molar-refractivity contribution in [1.29, 1.82) is 0 Å². The fraction of sp³-hybridized carbons (Fsp3) is 0.562. The minimum Gasteiger partial charge on any atom is -0.485 e. The van der Waals surface area contributed by atoms with E-state index in [2.05, 4.69) is 0 Å². The van der Waals surface area contributed by atoms with Crippen LogP contribution in [0.1, 0.15) is 49.7 Å². The molecule has 0 aromatic heterocycles. The van der Waals surface area contributed by atoms with Crippen LogP contribution >= 0.6 is 0 Å². The molecule has 0 aliphatic carbocycles. The van der Waals surface area contributed by atoms with Crippen LogP contribution in [0, 0.1) is 0 Å². The number of nitrogens with zero attached hydrogens (tertiary/aromatic N) is 1. The van der Waals surface area contributed by atoms with E-state index in [-0.39, 0.29) is 23.7 Å². The summed E-state index contributed by atoms with van der Waals surface area (Å²) in [5.74, 6) is 0.907. The second-order valence-electron chi connectivity index (χ2n) is 5.91. The highest BCUT2D eigenvalue weighted by Gasteiger charge is 2.56. The Labute approximate surface area is 119 Å². The van der Waals surface area contributed by atoms with E-state index in [0.717, 1.165) is 24.4 Å². The molecule has 20 heavy (non-hydrogen) atoms. The van der Waals surface area contributed by atoms with Crippen LogP contribution in [0.3, 0.4) is 0 Å². The van der Waals surface area contributed by atoms with Gasteiger partial charge in [-0.2, -0.15) is 0 Å². The van der Waals surface area contributed by atoms with E-state index in [9.17, 15) is 4.79 Å². The van der Waals surface area contributed by atoms with Gasteiger partial charge in [0.15, 0.2) is 0 Å². The Kier molecular flexibility index (Phi) is 3.01. The second kappa shape index (κ2) is 4.48. The summed E-state index contributed by atoms with van der Waals surface area (Å²) in [5, 5.41) is 0. The molecule has 1 aromatic rings. The molecule has 4 heteroatoms. The number of ether oxygens (including phenoxy) is 2. The quantitative estimate of drug-likeness (QED) is 0.797. The summed E-state index contributed by atoms with van der Waals surface area (Å²) in [6.45, 7) is 9.50. The van der Waals surface area contributed by atoms with E-state index in [1.54, 1.807) is 0 Å². The number of amides is 1. The fourth-order valence-corrected chi connectivity index (χ4v) is 2.91. The smallest absolute Gasteiger partial charge is 0.253 e. The highest BCUT2D eigenvalue weighted by molar-refractivity contribution is 5.94. The average Bonchev–Trinajstić information content (AvgIpc) is 3.21. The number of hydrogen-bond donors (Lipinski definition) is 0. The van der Waals surface area contributed by atoms with Crippen LogP contribution in [-0.4, -0.2) is 35.6 Å². The average molecular weight is 275 g/mol. The molecular formula is C16H21NO3. The first kappa shape index (κ1) is 13.4. The maximum absolute atomic E-state index is 12.4. The van der Waals surface area contributed by atoms with Gasteiger partial charge in [-0.05, 0) is 45.9 Å². The highest BCUT2D eigenvalue weighted by atomic mass is 16.6. The van der Waals surface area contributed by atoms with Gasteiger partial charge in [-0.25, -0.2) is 0 Å². The van der Waals surface area contributed by atoms with E-state index in [1.165, 1.54) is 0 Å². The third-order valence-corrected chi connectivity index (χ3v) is 4.16. The number of rotatable bonds is 3. The van der Waals surface area contributed by atoms with Crippen molar-refractivity contribution in [3.63, 3.8) is 0 Å². The van der Waals surface area contributed by atoms with E-state index in [4.69, 9.17) is 9.47 Å². The highest BCUT2D eigenvalue weighted by Crippen LogP contribution is 2.53. The lowest BCUT2D eigenvalue weighted by Gasteiger charge is -2.30. The number of hydrogen-bond acceptors (Lipinski definition) is 3. The molecule has 3 rings (SSSR count). The molecule has 1 amide bonds. The summed E-state index contributed by atoms with van der Waals surface area (Å²) in [5.41, 5.74) is 1.43. The molecule has 0 bridgehead atoms. The molecule has 1 aromatic carbocycles. The van der Waals surface area contributed by atoms with Crippen LogP contribution in [0.5, 0.6) is 5.75 Å². The lowest BCUT2D eigenvalue weighted by Crippen LogP contribution is -2.38. The van der Waals surface area contributed by atoms with Crippen LogP contribution in [0.15, 0.2) is 18.2 Å². The topological polar surface area (TPSA) is 42.1 Å². The molecular weight excluding hydrogens is 254 g/mol. The summed E-state index contributed by atoms with van der Waals surface area (Å²) >= 11 is 0. The van der Waals surface area contributed by atoms with Gasteiger partial charge in [0.1, 0.15) is 23.6 Å². The van der Waals surface area contributed by atoms with Crippen molar-refractivity contribution in [2.75, 3.05) is 13.1 Å². The summed E-state index contributed by atoms with van der Waals surface area (Å²) < 4.78 is 11.7. The molecule has 1 saturated heterocycles. The molecule has 0 N–H and O–H groups in total. The zero-order valence-electron chi connectivity index (χ0n) is 12.5. The molecule has 0 spiro atoms. The molecule has 2 atom stereocenters. The van der Waals surface area contributed by atoms with Crippen LogP contribution in [-0.2, 0) is 4.74 Å². The number of carbonyl (C=O) groups is 1. The van der Waals surface area contributed by atoms with Crippen molar-refractivity contribution in [2.24, 2.45) is 0 Å². The molecule has 108 valence electrons. The predicted octanol–water partition coefficient (Wildman–Crippen LogP) is 2.78. The third kappa shape index (κ3) is 1.99. The number of carbonyl (C=O) groups excluding carboxylic acids is 1. The van der Waals surface area contributed by atoms with Crippen LogP contribution in [0.25, 0.3) is 0 Å². The Balaban J connectivity index is 1.92. The largest absolute Gasteiger partial charge is 0.485 e. The normalized spacial score (nSPS) is 25.2. The molecule has 2 aliphatic rings. The molecule has 2 aliphatic heterocycles. The van der Waals surface area contributed by atoms with E-state index in [0.29, 0.717) is 5.56 Å². The third-order valence-electron chi connectivity index (χ3n) is 4.16. The van der Waals surface area contributed by atoms with Gasteiger partial charge < -0.3 is 14.4 Å². The first-order chi connectivity index (χ1) is 9.47. The van der Waals surface area contributed by atoms with Crippen molar-refractivity contribution in [2.45, 2.75) is 45.5 Å². The predicted molar refractivity (Wildman–Crippen MR) is 76.0 cm³/mol. The van der Waals surface area contributed by atoms with Gasteiger partial charge in [-0.3, -0.25) is 4.79 Å². The molecule has 1 fully saturated rings. The Morgan fingerprint density at radius 1 is 1.30 bits per heavy atom. The Bertz CT molecular complexity index is 549. The van der Waals surface area contributed by atoms with Gasteiger partial charge in [0, 0.05) is 24.2 Å². The first-order valence-corrected chi connectivity index (χ1v) is 7.25. The van der Waals surface area contributed by atoms with E-state index >= 15 is 0 Å². The van der Waals surface area contributed by atoms with Crippen LogP contribution in [0.2, 0.25) is 0 Å². The Morgan fingerprint density at radius 3 is 2.65 bits per heavy atom. The summed E-state index contributed by atoms with van der Waals surface area (Å²) in [4.78, 5) is 14.2. The second-order valence-corrected chi connectivity index (χ2v) is 5.91. The van der Waals surface area contributed by atoms with E-state index in [1.807, 2.05) is 50.8 Å². The van der Waals surface area contributed by atoms with Gasteiger partial charge in [0.05, 0.1) is 0 Å². The van der Waals surface area contributed by atoms with Crippen LogP contribution < -0.4 is 4.74 Å². The molecule has 4 nitrogen and oxygen atoms in total. The van der Waals surface area contributed by atoms with Crippen molar-refractivity contribution in [3.8, 4) is 5.75 Å². The lowest BCUT2D eigenvalue weighted by molar-refractivity contribution is 0.0723. The Morgan fingerprint density at radius 2 is 2.00 bits per heavy atom. The maximum atomic E-state index is 12.4. The van der Waals surface area contributed by atoms with Crippen molar-refractivity contribution >= 4 is 5.91 Å². The van der Waals surface area contributed by atoms with Crippen molar-refractivity contribution in [3.05, 3.63) is 29.3 Å². The van der Waals surface area contributed by atoms with Crippen molar-refractivity contribution in [1.82, 2.24) is 4.90 Å². The van der Waals surface area contributed by atoms with Gasteiger partial charge in [0.2, 0.25) is 0 Å². The molecule has 0 radical (unpaired) electrons. The van der Waals surface area contributed by atoms with Gasteiger partial charge in [-0.1, -0.05) is 0 Å². The summed E-state index contributed by atoms with van der Waals surface area (Å²) in [6, 6.07) is 5.67. The van der Waals surface area contributed by atoms with Crippen molar-refractivity contribution < 1.29 is 14.3 Å². The van der Waals surface area contributed by atoms with Crippen LogP contribution in [0.4, 0.5) is 0 Å². The molecule has 0 saturated carbocycles. The first-order valence-electron chi connectivity index (χ1n) is 7.25. The van der Waals surface area contributed by atoms with Gasteiger partial charge >= 0.3 is 0 Å². The van der Waals surface area contributed by atoms with Gasteiger partial charge in [0.25, 0.3) is 5.91 Å². The maximum Gasteiger partial charge on any atom is 0.253 e. The standard InChI is InChI=1S/C16H21NO3/c1-5-17(6-2)15(18)10-7-8-12-11(9-10)13-14(19-13)16(3,4)20-12/h7-9,13-14H,5-6H2,1-4H3/t13-,14-/m0/s1. The summed E-state index contributed by atoms with van der Waals surface area (Å²) in [7, 11) is 0. The monoisotopic (exact) mass is 275 g/mol. The number of fused-ring (bicyclic) bond motifs is 3. The number of benzene rings is 1. The Hall–Kier alpha value is -1.55. The van der Waals surface area contributed by atoms with E-state index < -0.39 is 0 Å².